The molecule has 2 aromatic rings. The predicted octanol–water partition coefficient (Wildman–Crippen LogP) is 4.16. The number of hydrogen-bond donors (Lipinski definition) is 0. The highest BCUT2D eigenvalue weighted by molar-refractivity contribution is 7.99. The summed E-state index contributed by atoms with van der Waals surface area (Å²) < 4.78 is 1.79. The molecule has 4 aliphatic rings. The Bertz CT molecular complexity index is 835. The molecule has 1 heterocycles. The lowest BCUT2D eigenvalue weighted by molar-refractivity contribution is -0.141. The van der Waals surface area contributed by atoms with E-state index in [1.807, 2.05) is 6.07 Å². The van der Waals surface area contributed by atoms with E-state index in [4.69, 9.17) is 0 Å². The largest absolute Gasteiger partial charge is 0.298 e. The monoisotopic (exact) mass is 382 g/mol. The number of nitrogens with zero attached hydrogens (tertiary/aromatic N) is 4. The third-order valence-electron chi connectivity index (χ3n) is 7.05. The first-order valence-electron chi connectivity index (χ1n) is 10.1. The van der Waals surface area contributed by atoms with E-state index in [9.17, 15) is 4.79 Å². The van der Waals surface area contributed by atoms with Crippen LogP contribution in [0, 0.1) is 37.0 Å². The lowest BCUT2D eigenvalue weighted by atomic mass is 9.48. The maximum Gasteiger partial charge on any atom is 0.214 e. The number of Topliss-reactive ketones (excluding diaryl/α,β-unsaturated/α-hetero) is 1. The quantitative estimate of drug-likeness (QED) is 0.727. The molecule has 0 aliphatic heterocycles. The van der Waals surface area contributed by atoms with Crippen molar-refractivity contribution in [2.24, 2.45) is 23.2 Å². The van der Waals surface area contributed by atoms with Gasteiger partial charge in [0.25, 0.3) is 0 Å². The van der Waals surface area contributed by atoms with Crippen LogP contribution in [0.3, 0.4) is 0 Å². The number of tetrazole rings is 1. The molecule has 4 saturated carbocycles. The second-order valence-electron chi connectivity index (χ2n) is 9.02. The Labute approximate surface area is 164 Å². The maximum absolute atomic E-state index is 13.3. The van der Waals surface area contributed by atoms with Gasteiger partial charge in [-0.2, -0.15) is 4.68 Å². The van der Waals surface area contributed by atoms with Crippen molar-refractivity contribution in [2.75, 3.05) is 5.75 Å². The third-order valence-corrected chi connectivity index (χ3v) is 7.97. The summed E-state index contributed by atoms with van der Waals surface area (Å²) in [6.45, 7) is 4.14. The molecular weight excluding hydrogens is 356 g/mol. The second kappa shape index (κ2) is 6.43. The maximum atomic E-state index is 13.3. The van der Waals surface area contributed by atoms with E-state index in [0.29, 0.717) is 16.7 Å². The van der Waals surface area contributed by atoms with Gasteiger partial charge in [-0.1, -0.05) is 30.0 Å². The van der Waals surface area contributed by atoms with E-state index in [2.05, 4.69) is 41.5 Å². The Morgan fingerprint density at radius 2 is 1.70 bits per heavy atom. The highest BCUT2D eigenvalue weighted by Crippen LogP contribution is 2.60. The molecule has 1 aromatic heterocycles. The summed E-state index contributed by atoms with van der Waals surface area (Å²) >= 11 is 1.50. The molecule has 27 heavy (non-hydrogen) atoms. The molecule has 0 unspecified atom stereocenters. The van der Waals surface area contributed by atoms with Crippen LogP contribution < -0.4 is 0 Å². The number of hydrogen-bond acceptors (Lipinski definition) is 5. The van der Waals surface area contributed by atoms with Crippen LogP contribution in [0.1, 0.15) is 49.7 Å². The minimum Gasteiger partial charge on any atom is -0.298 e. The fourth-order valence-electron chi connectivity index (χ4n) is 6.28. The Kier molecular flexibility index (Phi) is 4.15. The molecule has 0 amide bonds. The van der Waals surface area contributed by atoms with Crippen LogP contribution >= 0.6 is 11.8 Å². The standard InChI is InChI=1S/C21H26N4OS/c1-13-4-3-5-14(2)19(13)25-20(22-23-24-25)27-12-18(26)21-9-15-6-16(10-21)8-17(7-15)11-21/h3-5,15-17H,6-12H2,1-2H3. The van der Waals surface area contributed by atoms with Crippen molar-refractivity contribution in [2.45, 2.75) is 57.5 Å². The van der Waals surface area contributed by atoms with Crippen molar-refractivity contribution in [1.82, 2.24) is 20.2 Å². The predicted molar refractivity (Wildman–Crippen MR) is 105 cm³/mol. The molecule has 6 rings (SSSR count). The van der Waals surface area contributed by atoms with Crippen molar-refractivity contribution in [1.29, 1.82) is 0 Å². The van der Waals surface area contributed by atoms with Gasteiger partial charge in [0.1, 0.15) is 5.78 Å². The van der Waals surface area contributed by atoms with Crippen molar-refractivity contribution in [3.63, 3.8) is 0 Å². The highest BCUT2D eigenvalue weighted by Gasteiger charge is 2.54. The van der Waals surface area contributed by atoms with Crippen LogP contribution in [0.25, 0.3) is 5.69 Å². The summed E-state index contributed by atoms with van der Waals surface area (Å²) in [5, 5.41) is 13.0. The minimum absolute atomic E-state index is 0.0430. The molecule has 142 valence electrons. The number of para-hydroxylation sites is 1. The van der Waals surface area contributed by atoms with Crippen LogP contribution in [0.4, 0.5) is 0 Å². The smallest absolute Gasteiger partial charge is 0.214 e. The molecular formula is C21H26N4OS. The highest BCUT2D eigenvalue weighted by atomic mass is 32.2. The van der Waals surface area contributed by atoms with E-state index in [0.717, 1.165) is 53.8 Å². The zero-order valence-corrected chi connectivity index (χ0v) is 16.8. The molecule has 0 N–H and O–H groups in total. The van der Waals surface area contributed by atoms with E-state index in [1.165, 1.54) is 31.0 Å². The van der Waals surface area contributed by atoms with Gasteiger partial charge in [-0.15, -0.1) is 5.10 Å². The number of carbonyl (C=O) groups excluding carboxylic acids is 1. The molecule has 1 aromatic carbocycles. The van der Waals surface area contributed by atoms with Crippen LogP contribution in [0.15, 0.2) is 23.4 Å². The zero-order valence-electron chi connectivity index (χ0n) is 16.0. The number of carbonyl (C=O) groups is 1. The van der Waals surface area contributed by atoms with E-state index < -0.39 is 0 Å². The Morgan fingerprint density at radius 3 is 2.30 bits per heavy atom. The van der Waals surface area contributed by atoms with Gasteiger partial charge >= 0.3 is 0 Å². The van der Waals surface area contributed by atoms with Gasteiger partial charge < -0.3 is 0 Å². The topological polar surface area (TPSA) is 60.7 Å². The van der Waals surface area contributed by atoms with Gasteiger partial charge in [0, 0.05) is 5.41 Å². The van der Waals surface area contributed by atoms with Gasteiger partial charge in [-0.3, -0.25) is 4.79 Å². The van der Waals surface area contributed by atoms with Gasteiger partial charge in [-0.05, 0) is 91.7 Å². The number of thioether (sulfide) groups is 1. The average Bonchev–Trinajstić information content (AvgIpc) is 3.06. The van der Waals surface area contributed by atoms with Crippen molar-refractivity contribution in [3.8, 4) is 5.69 Å². The van der Waals surface area contributed by atoms with Gasteiger partial charge in [0.2, 0.25) is 5.16 Å². The first kappa shape index (κ1) is 17.4. The van der Waals surface area contributed by atoms with Crippen molar-refractivity contribution in [3.05, 3.63) is 29.3 Å². The summed E-state index contributed by atoms with van der Waals surface area (Å²) in [5.74, 6) is 3.31. The lowest BCUT2D eigenvalue weighted by Gasteiger charge is -2.56. The molecule has 6 heteroatoms. The Balaban J connectivity index is 1.35. The summed E-state index contributed by atoms with van der Waals surface area (Å²) in [6.07, 6.45) is 7.47. The van der Waals surface area contributed by atoms with Crippen LogP contribution in [-0.2, 0) is 4.79 Å². The van der Waals surface area contributed by atoms with Crippen molar-refractivity contribution >= 4 is 17.5 Å². The number of rotatable bonds is 5. The van der Waals surface area contributed by atoms with Gasteiger partial charge in [0.05, 0.1) is 11.4 Å². The number of aryl methyl sites for hydroxylation is 2. The summed E-state index contributed by atoms with van der Waals surface area (Å²) in [7, 11) is 0. The molecule has 0 radical (unpaired) electrons. The number of benzene rings is 1. The Hall–Kier alpha value is -1.69. The zero-order chi connectivity index (χ0) is 18.6. The molecule has 0 saturated heterocycles. The molecule has 4 fully saturated rings. The molecule has 0 spiro atoms. The summed E-state index contributed by atoms with van der Waals surface area (Å²) in [4.78, 5) is 13.3. The third kappa shape index (κ3) is 2.93. The molecule has 4 aliphatic carbocycles. The first-order valence-corrected chi connectivity index (χ1v) is 11.0. The Morgan fingerprint density at radius 1 is 1.11 bits per heavy atom. The average molecular weight is 383 g/mol. The lowest BCUT2D eigenvalue weighted by Crippen LogP contribution is -2.50. The molecule has 5 nitrogen and oxygen atoms in total. The SMILES string of the molecule is Cc1cccc(C)c1-n1nnnc1SCC(=O)C12CC3CC(CC(C3)C1)C2. The minimum atomic E-state index is -0.0430. The first-order chi connectivity index (χ1) is 13.0. The fourth-order valence-corrected chi connectivity index (χ4v) is 7.20. The van der Waals surface area contributed by atoms with E-state index in [1.54, 1.807) is 4.68 Å². The number of aromatic nitrogens is 4. The summed E-state index contributed by atoms with van der Waals surface area (Å²) in [5.41, 5.74) is 3.25. The van der Waals surface area contributed by atoms with Gasteiger partial charge in [0.15, 0.2) is 0 Å². The van der Waals surface area contributed by atoms with Crippen LogP contribution in [-0.4, -0.2) is 31.7 Å². The molecule has 0 atom stereocenters. The summed E-state index contributed by atoms with van der Waals surface area (Å²) in [6, 6.07) is 6.18. The normalized spacial score (nSPS) is 31.4. The fraction of sp³-hybridized carbons (Fsp3) is 0.619. The number of ketones is 1. The molecule has 4 bridgehead atoms. The van der Waals surface area contributed by atoms with Gasteiger partial charge in [-0.25, -0.2) is 0 Å². The van der Waals surface area contributed by atoms with E-state index in [-0.39, 0.29) is 5.41 Å². The van der Waals surface area contributed by atoms with Crippen molar-refractivity contribution < 1.29 is 4.79 Å². The van der Waals surface area contributed by atoms with Crippen LogP contribution in [0.2, 0.25) is 0 Å². The van der Waals surface area contributed by atoms with E-state index >= 15 is 0 Å². The second-order valence-corrected chi connectivity index (χ2v) is 9.97. The van der Waals surface area contributed by atoms with Crippen LogP contribution in [0.5, 0.6) is 0 Å².